The molecule has 31 heavy (non-hydrogen) atoms. The van der Waals surface area contributed by atoms with Crippen LogP contribution in [0.25, 0.3) is 33.4 Å². The lowest BCUT2D eigenvalue weighted by atomic mass is 9.90. The van der Waals surface area contributed by atoms with Crippen molar-refractivity contribution in [2.24, 2.45) is 0 Å². The first-order chi connectivity index (χ1) is 14.5. The molecule has 0 fully saturated rings. The Hall–Kier alpha value is -0.470. The van der Waals surface area contributed by atoms with Gasteiger partial charge in [0.1, 0.15) is 14.7 Å². The van der Waals surface area contributed by atoms with Crippen LogP contribution >= 0.6 is 94.2 Å². The van der Waals surface area contributed by atoms with Gasteiger partial charge in [-0.05, 0) is 84.9 Å². The first-order valence-corrected chi connectivity index (χ1v) is 12.5. The Bertz CT molecular complexity index is 1430. The summed E-state index contributed by atoms with van der Waals surface area (Å²) < 4.78 is 7.08. The predicted octanol–water partition coefficient (Wildman–Crippen LogP) is 9.79. The summed E-state index contributed by atoms with van der Waals surface area (Å²) in [5, 5.41) is 11.8. The summed E-state index contributed by atoms with van der Waals surface area (Å²) in [6.45, 7) is 3.49. The summed E-state index contributed by atoms with van der Waals surface area (Å²) in [5.74, 6) is 0.236. The standard InChI is InChI=1S/C21H9Br3Cl4O3/c1-5-3-7-11(10-6(2)14(25)16(27)17(28)15(10)26)8-4-9(22)19(30)13(24)21(8)31-20(7)12(23)18(5)29/h3-4,30H,1-2H3. The zero-order valence-electron chi connectivity index (χ0n) is 15.6. The average Bonchev–Trinajstić information content (AvgIpc) is 2.74. The third-order valence-electron chi connectivity index (χ3n) is 5.01. The summed E-state index contributed by atoms with van der Waals surface area (Å²) >= 11 is 35.9. The van der Waals surface area contributed by atoms with E-state index < -0.39 is 0 Å². The Morgan fingerprint density at radius 3 is 2.13 bits per heavy atom. The molecule has 1 aliphatic carbocycles. The number of aromatic hydroxyl groups is 1. The fourth-order valence-electron chi connectivity index (χ4n) is 3.46. The van der Waals surface area contributed by atoms with Gasteiger partial charge in [0.15, 0.2) is 16.8 Å². The predicted molar refractivity (Wildman–Crippen MR) is 139 cm³/mol. The third-order valence-corrected chi connectivity index (χ3v) is 8.96. The quantitative estimate of drug-likeness (QED) is 0.123. The molecule has 0 unspecified atom stereocenters. The molecule has 3 nitrogen and oxygen atoms in total. The minimum atomic E-state index is -0.214. The normalized spacial score (nSPS) is 11.6. The number of hydrogen-bond acceptors (Lipinski definition) is 3. The van der Waals surface area contributed by atoms with Gasteiger partial charge >= 0.3 is 0 Å². The van der Waals surface area contributed by atoms with Crippen molar-refractivity contribution >= 4 is 105 Å². The molecule has 0 saturated carbocycles. The number of fused-ring (bicyclic) bond motifs is 2. The van der Waals surface area contributed by atoms with E-state index in [0.29, 0.717) is 47.7 Å². The Balaban J connectivity index is 2.39. The Morgan fingerprint density at radius 1 is 0.871 bits per heavy atom. The maximum atomic E-state index is 12.6. The Kier molecular flexibility index (Phi) is 6.41. The maximum absolute atomic E-state index is 12.6. The van der Waals surface area contributed by atoms with E-state index in [9.17, 15) is 9.90 Å². The van der Waals surface area contributed by atoms with Crippen molar-refractivity contribution in [1.82, 2.24) is 0 Å². The lowest BCUT2D eigenvalue weighted by Gasteiger charge is -2.21. The van der Waals surface area contributed by atoms with Crippen molar-refractivity contribution in [2.45, 2.75) is 13.8 Å². The van der Waals surface area contributed by atoms with E-state index in [2.05, 4.69) is 47.8 Å². The van der Waals surface area contributed by atoms with Crippen molar-refractivity contribution in [1.29, 1.82) is 0 Å². The highest BCUT2D eigenvalue weighted by molar-refractivity contribution is 9.11. The van der Waals surface area contributed by atoms with Crippen LogP contribution in [0.4, 0.5) is 0 Å². The highest BCUT2D eigenvalue weighted by Crippen LogP contribution is 2.53. The number of phenols is 1. The molecule has 4 rings (SSSR count). The summed E-state index contributed by atoms with van der Waals surface area (Å²) in [5.41, 5.74) is 2.99. The maximum Gasteiger partial charge on any atom is 0.199 e. The molecule has 0 atom stereocenters. The SMILES string of the molecule is Cc1c(Cl)c(Cl)c(Cl)c(Cl)c1-c1c2cc(C)c(=O)c(Br)c-2oc2c(Br)c(O)c(Br)cc12. The zero-order valence-corrected chi connectivity index (χ0v) is 23.3. The van der Waals surface area contributed by atoms with Crippen LogP contribution in [0.15, 0.2) is 34.8 Å². The molecule has 1 heterocycles. The van der Waals surface area contributed by atoms with E-state index in [-0.39, 0.29) is 41.5 Å². The van der Waals surface area contributed by atoms with E-state index in [4.69, 9.17) is 50.8 Å². The molecule has 1 N–H and O–H groups in total. The molecule has 0 spiro atoms. The molecule has 0 amide bonds. The van der Waals surface area contributed by atoms with E-state index in [1.165, 1.54) is 0 Å². The summed E-state index contributed by atoms with van der Waals surface area (Å²) in [7, 11) is 0. The van der Waals surface area contributed by atoms with E-state index in [0.717, 1.165) is 0 Å². The molecule has 160 valence electrons. The van der Waals surface area contributed by atoms with Crippen LogP contribution < -0.4 is 5.43 Å². The largest absolute Gasteiger partial charge is 0.505 e. The minimum Gasteiger partial charge on any atom is -0.505 e. The van der Waals surface area contributed by atoms with Crippen LogP contribution in [-0.2, 0) is 0 Å². The van der Waals surface area contributed by atoms with Gasteiger partial charge < -0.3 is 9.52 Å². The fourth-order valence-corrected chi connectivity index (χ4v) is 6.31. The van der Waals surface area contributed by atoms with Gasteiger partial charge in [-0.3, -0.25) is 4.79 Å². The van der Waals surface area contributed by atoms with Gasteiger partial charge in [0, 0.05) is 22.1 Å². The zero-order chi connectivity index (χ0) is 22.9. The first kappa shape index (κ1) is 23.7. The van der Waals surface area contributed by atoms with Crippen molar-refractivity contribution in [3.63, 3.8) is 0 Å². The lowest BCUT2D eigenvalue weighted by Crippen LogP contribution is -2.09. The van der Waals surface area contributed by atoms with Crippen molar-refractivity contribution in [2.75, 3.05) is 0 Å². The monoisotopic (exact) mass is 686 g/mol. The molecule has 0 bridgehead atoms. The molecule has 0 aromatic heterocycles. The van der Waals surface area contributed by atoms with Crippen LogP contribution in [0.5, 0.6) is 5.75 Å². The van der Waals surface area contributed by atoms with Crippen LogP contribution in [0.3, 0.4) is 0 Å². The smallest absolute Gasteiger partial charge is 0.199 e. The average molecular weight is 691 g/mol. The number of halogens is 7. The van der Waals surface area contributed by atoms with Crippen LogP contribution in [-0.4, -0.2) is 5.11 Å². The molecule has 1 aliphatic heterocycles. The van der Waals surface area contributed by atoms with Crippen molar-refractivity contribution in [3.8, 4) is 28.2 Å². The lowest BCUT2D eigenvalue weighted by molar-refractivity contribution is 0.467. The second-order valence-electron chi connectivity index (χ2n) is 6.84. The van der Waals surface area contributed by atoms with E-state index in [1.54, 1.807) is 26.0 Å². The molecule has 0 saturated heterocycles. The number of hydrogen-bond donors (Lipinski definition) is 1. The minimum absolute atomic E-state index is 0.0536. The molecule has 2 aromatic carbocycles. The molecule has 10 heteroatoms. The van der Waals surface area contributed by atoms with Crippen molar-refractivity contribution < 1.29 is 9.52 Å². The van der Waals surface area contributed by atoms with E-state index in [1.807, 2.05) is 0 Å². The van der Waals surface area contributed by atoms with Gasteiger partial charge in [-0.2, -0.15) is 0 Å². The van der Waals surface area contributed by atoms with Gasteiger partial charge in [-0.25, -0.2) is 0 Å². The molecular weight excluding hydrogens is 682 g/mol. The van der Waals surface area contributed by atoms with Gasteiger partial charge in [0.2, 0.25) is 0 Å². The Morgan fingerprint density at radius 2 is 1.48 bits per heavy atom. The number of aryl methyl sites for hydroxylation is 1. The Labute approximate surface area is 222 Å². The fraction of sp³-hybridized carbons (Fsp3) is 0.0952. The molecule has 2 aliphatic rings. The first-order valence-electron chi connectivity index (χ1n) is 8.56. The second-order valence-corrected chi connectivity index (χ2v) is 10.8. The van der Waals surface area contributed by atoms with Crippen molar-refractivity contribution in [3.05, 3.63) is 67.0 Å². The number of benzene rings is 3. The second kappa shape index (κ2) is 8.39. The highest BCUT2D eigenvalue weighted by Gasteiger charge is 2.29. The number of phenolic OH excluding ortho intramolecular Hbond substituents is 1. The van der Waals surface area contributed by atoms with Gasteiger partial charge in [-0.15, -0.1) is 0 Å². The highest BCUT2D eigenvalue weighted by atomic mass is 79.9. The van der Waals surface area contributed by atoms with E-state index >= 15 is 0 Å². The third kappa shape index (κ3) is 3.54. The molecule has 0 radical (unpaired) electrons. The summed E-state index contributed by atoms with van der Waals surface area (Å²) in [6.07, 6.45) is 0. The van der Waals surface area contributed by atoms with Gasteiger partial charge in [-0.1, -0.05) is 46.4 Å². The molecular formula is C21H9Br3Cl4O3. The van der Waals surface area contributed by atoms with Gasteiger partial charge in [0.05, 0.1) is 24.6 Å². The van der Waals surface area contributed by atoms with Crippen LogP contribution in [0.2, 0.25) is 20.1 Å². The van der Waals surface area contributed by atoms with Gasteiger partial charge in [0.25, 0.3) is 0 Å². The summed E-state index contributed by atoms with van der Waals surface area (Å²) in [4.78, 5) is 12.6. The number of rotatable bonds is 1. The van der Waals surface area contributed by atoms with Crippen LogP contribution in [0, 0.1) is 13.8 Å². The van der Waals surface area contributed by atoms with Crippen LogP contribution in [0.1, 0.15) is 11.1 Å². The topological polar surface area (TPSA) is 50.4 Å². The molecule has 2 aromatic rings. The summed E-state index contributed by atoms with van der Waals surface area (Å²) in [6, 6.07) is 3.43.